The van der Waals surface area contributed by atoms with E-state index in [9.17, 15) is 14.4 Å². The summed E-state index contributed by atoms with van der Waals surface area (Å²) < 4.78 is 0. The quantitative estimate of drug-likeness (QED) is 0.779. The Kier molecular flexibility index (Phi) is 3.72. The number of hydrogen-bond donors (Lipinski definition) is 3. The van der Waals surface area contributed by atoms with E-state index >= 15 is 0 Å². The Labute approximate surface area is 122 Å². The van der Waals surface area contributed by atoms with Crippen molar-refractivity contribution in [2.75, 3.05) is 12.4 Å². The van der Waals surface area contributed by atoms with Crippen molar-refractivity contribution in [1.29, 1.82) is 0 Å². The maximum atomic E-state index is 12.1. The maximum absolute atomic E-state index is 12.1. The minimum absolute atomic E-state index is 0.206. The largest absolute Gasteiger partial charge is 0.481 e. The fraction of sp³-hybridized carbons (Fsp3) is 0.400. The summed E-state index contributed by atoms with van der Waals surface area (Å²) in [7, 11) is 1.54. The van der Waals surface area contributed by atoms with E-state index in [2.05, 4.69) is 10.6 Å². The Bertz CT molecular complexity index is 592. The van der Waals surface area contributed by atoms with Crippen molar-refractivity contribution in [3.63, 3.8) is 0 Å². The minimum atomic E-state index is -0.949. The summed E-state index contributed by atoms with van der Waals surface area (Å²) in [5.41, 5.74) is 0.503. The highest BCUT2D eigenvalue weighted by Crippen LogP contribution is 2.58. The van der Waals surface area contributed by atoms with Crippen molar-refractivity contribution in [3.05, 3.63) is 29.8 Å². The number of rotatable bonds is 4. The summed E-state index contributed by atoms with van der Waals surface area (Å²) >= 11 is 0. The Morgan fingerprint density at radius 3 is 2.10 bits per heavy atom. The molecule has 2 rings (SSSR count). The lowest BCUT2D eigenvalue weighted by Crippen LogP contribution is -2.19. The number of carboxylic acid groups (broad SMARTS) is 1. The fourth-order valence-corrected chi connectivity index (χ4v) is 2.66. The highest BCUT2D eigenvalue weighted by atomic mass is 16.4. The van der Waals surface area contributed by atoms with Crippen molar-refractivity contribution in [3.8, 4) is 0 Å². The number of aliphatic carboxylic acids is 1. The third-order valence-corrected chi connectivity index (χ3v) is 4.02. The van der Waals surface area contributed by atoms with Crippen LogP contribution in [0.4, 0.5) is 5.69 Å². The molecule has 0 heterocycles. The standard InChI is InChI=1S/C15H18N2O4/c1-15(2)10(11(15)14(20)21)13(19)17-9-6-4-8(5-7-9)12(18)16-3/h4-7,10-11H,1-3H3,(H,16,18)(H,17,19)(H,20,21)/t10-,11+/m1/s1. The summed E-state index contributed by atoms with van der Waals surface area (Å²) in [4.78, 5) is 34.6. The van der Waals surface area contributed by atoms with Crippen molar-refractivity contribution in [2.24, 2.45) is 17.3 Å². The molecule has 1 fully saturated rings. The molecular formula is C15H18N2O4. The molecule has 1 aromatic carbocycles. The molecular weight excluding hydrogens is 272 g/mol. The predicted octanol–water partition coefficient (Wildman–Crippen LogP) is 1.34. The van der Waals surface area contributed by atoms with E-state index in [-0.39, 0.29) is 11.8 Å². The highest BCUT2D eigenvalue weighted by Gasteiger charge is 2.65. The van der Waals surface area contributed by atoms with Crippen LogP contribution in [-0.2, 0) is 9.59 Å². The van der Waals surface area contributed by atoms with E-state index < -0.39 is 23.2 Å². The first-order chi connectivity index (χ1) is 9.78. The number of carboxylic acids is 1. The first-order valence-electron chi connectivity index (χ1n) is 6.65. The number of hydrogen-bond acceptors (Lipinski definition) is 3. The molecule has 1 saturated carbocycles. The monoisotopic (exact) mass is 290 g/mol. The number of benzene rings is 1. The van der Waals surface area contributed by atoms with Crippen LogP contribution >= 0.6 is 0 Å². The highest BCUT2D eigenvalue weighted by molar-refractivity contribution is 6.00. The van der Waals surface area contributed by atoms with E-state index in [1.165, 1.54) is 0 Å². The lowest BCUT2D eigenvalue weighted by Gasteiger charge is -2.07. The normalized spacial score (nSPS) is 22.2. The van der Waals surface area contributed by atoms with Gasteiger partial charge >= 0.3 is 5.97 Å². The topological polar surface area (TPSA) is 95.5 Å². The average molecular weight is 290 g/mol. The zero-order chi connectivity index (χ0) is 15.8. The first kappa shape index (κ1) is 15.0. The minimum Gasteiger partial charge on any atom is -0.481 e. The van der Waals surface area contributed by atoms with Crippen LogP contribution in [-0.4, -0.2) is 29.9 Å². The van der Waals surface area contributed by atoms with Gasteiger partial charge in [-0.3, -0.25) is 14.4 Å². The van der Waals surface area contributed by atoms with Crippen molar-refractivity contribution in [2.45, 2.75) is 13.8 Å². The van der Waals surface area contributed by atoms with Gasteiger partial charge in [-0.1, -0.05) is 13.8 Å². The van der Waals surface area contributed by atoms with E-state index in [1.807, 2.05) is 0 Å². The Morgan fingerprint density at radius 1 is 1.10 bits per heavy atom. The molecule has 0 aliphatic heterocycles. The Hall–Kier alpha value is -2.37. The van der Waals surface area contributed by atoms with Crippen LogP contribution in [0, 0.1) is 17.3 Å². The van der Waals surface area contributed by atoms with Gasteiger partial charge in [0.15, 0.2) is 0 Å². The molecule has 112 valence electrons. The molecule has 2 amide bonds. The second kappa shape index (κ2) is 5.20. The molecule has 0 unspecified atom stereocenters. The molecule has 1 aliphatic rings. The zero-order valence-corrected chi connectivity index (χ0v) is 12.1. The predicted molar refractivity (Wildman–Crippen MR) is 76.9 cm³/mol. The zero-order valence-electron chi connectivity index (χ0n) is 12.1. The number of anilines is 1. The first-order valence-corrected chi connectivity index (χ1v) is 6.65. The Balaban J connectivity index is 2.04. The van der Waals surface area contributed by atoms with Crippen LogP contribution < -0.4 is 10.6 Å². The molecule has 3 N–H and O–H groups in total. The third kappa shape index (κ3) is 2.74. The molecule has 0 aromatic heterocycles. The van der Waals surface area contributed by atoms with Gasteiger partial charge in [-0.25, -0.2) is 0 Å². The second-order valence-corrected chi connectivity index (χ2v) is 5.76. The molecule has 0 radical (unpaired) electrons. The molecule has 1 aromatic rings. The van der Waals surface area contributed by atoms with Crippen LogP contribution in [0.15, 0.2) is 24.3 Å². The van der Waals surface area contributed by atoms with E-state index in [0.29, 0.717) is 11.3 Å². The van der Waals surface area contributed by atoms with Gasteiger partial charge in [-0.15, -0.1) is 0 Å². The van der Waals surface area contributed by atoms with E-state index in [4.69, 9.17) is 5.11 Å². The van der Waals surface area contributed by atoms with Gasteiger partial charge in [0.05, 0.1) is 11.8 Å². The maximum Gasteiger partial charge on any atom is 0.307 e. The lowest BCUT2D eigenvalue weighted by molar-refractivity contribution is -0.140. The van der Waals surface area contributed by atoms with Crippen LogP contribution in [0.2, 0.25) is 0 Å². The van der Waals surface area contributed by atoms with Gasteiger partial charge in [0.1, 0.15) is 0 Å². The number of carbonyl (C=O) groups is 3. The van der Waals surface area contributed by atoms with Crippen molar-refractivity contribution >= 4 is 23.5 Å². The molecule has 1 aliphatic carbocycles. The van der Waals surface area contributed by atoms with Crippen molar-refractivity contribution in [1.82, 2.24) is 5.32 Å². The molecule has 21 heavy (non-hydrogen) atoms. The lowest BCUT2D eigenvalue weighted by atomic mass is 10.1. The smallest absolute Gasteiger partial charge is 0.307 e. The van der Waals surface area contributed by atoms with Crippen LogP contribution in [0.1, 0.15) is 24.2 Å². The summed E-state index contributed by atoms with van der Waals surface area (Å²) in [6.07, 6.45) is 0. The Morgan fingerprint density at radius 2 is 1.67 bits per heavy atom. The number of carbonyl (C=O) groups excluding carboxylic acids is 2. The fourth-order valence-electron chi connectivity index (χ4n) is 2.66. The van der Waals surface area contributed by atoms with Gasteiger partial charge in [0.25, 0.3) is 5.91 Å². The molecule has 0 saturated heterocycles. The number of amides is 2. The van der Waals surface area contributed by atoms with E-state index in [0.717, 1.165) is 0 Å². The average Bonchev–Trinajstić information content (AvgIpc) is 3.02. The van der Waals surface area contributed by atoms with Gasteiger partial charge in [-0.05, 0) is 29.7 Å². The third-order valence-electron chi connectivity index (χ3n) is 4.02. The van der Waals surface area contributed by atoms with E-state index in [1.54, 1.807) is 45.2 Å². The number of nitrogens with one attached hydrogen (secondary N) is 2. The summed E-state index contributed by atoms with van der Waals surface area (Å²) in [6, 6.07) is 6.43. The molecule has 0 spiro atoms. The van der Waals surface area contributed by atoms with Gasteiger partial charge in [0.2, 0.25) is 5.91 Å². The molecule has 6 nitrogen and oxygen atoms in total. The molecule has 0 bridgehead atoms. The molecule has 2 atom stereocenters. The van der Waals surface area contributed by atoms with Crippen LogP contribution in [0.5, 0.6) is 0 Å². The van der Waals surface area contributed by atoms with Crippen LogP contribution in [0.3, 0.4) is 0 Å². The van der Waals surface area contributed by atoms with Gasteiger partial charge in [0, 0.05) is 18.3 Å². The van der Waals surface area contributed by atoms with Gasteiger partial charge < -0.3 is 15.7 Å². The van der Waals surface area contributed by atoms with Gasteiger partial charge in [-0.2, -0.15) is 0 Å². The van der Waals surface area contributed by atoms with Crippen molar-refractivity contribution < 1.29 is 19.5 Å². The summed E-state index contributed by atoms with van der Waals surface area (Å²) in [6.45, 7) is 3.54. The SMILES string of the molecule is CNC(=O)c1ccc(NC(=O)[C@H]2[C@@H](C(=O)O)C2(C)C)cc1. The summed E-state index contributed by atoms with van der Waals surface area (Å²) in [5, 5.41) is 14.3. The van der Waals surface area contributed by atoms with Crippen LogP contribution in [0.25, 0.3) is 0 Å². The summed E-state index contributed by atoms with van der Waals surface area (Å²) in [5.74, 6) is -2.64. The second-order valence-electron chi connectivity index (χ2n) is 5.76. The molecule has 6 heteroatoms.